The fraction of sp³-hybridized carbons (Fsp3) is 0.200. The Morgan fingerprint density at radius 1 is 1.25 bits per heavy atom. The van der Waals surface area contributed by atoms with Gasteiger partial charge in [0.05, 0.1) is 13.3 Å². The summed E-state index contributed by atoms with van der Waals surface area (Å²) < 4.78 is 10.6. The molecule has 1 atom stereocenters. The van der Waals surface area contributed by atoms with E-state index in [4.69, 9.17) is 21.1 Å². The van der Waals surface area contributed by atoms with Crippen LogP contribution in [0.15, 0.2) is 42.7 Å². The second kappa shape index (κ2) is 6.39. The van der Waals surface area contributed by atoms with E-state index in [-0.39, 0.29) is 5.78 Å². The summed E-state index contributed by atoms with van der Waals surface area (Å²) in [4.78, 5) is 16.2. The van der Waals surface area contributed by atoms with Crippen molar-refractivity contribution in [3.05, 3.63) is 53.3 Å². The van der Waals surface area contributed by atoms with Crippen molar-refractivity contribution in [2.45, 2.75) is 13.0 Å². The van der Waals surface area contributed by atoms with Crippen molar-refractivity contribution in [1.82, 2.24) is 4.98 Å². The van der Waals surface area contributed by atoms with Gasteiger partial charge in [0.1, 0.15) is 11.5 Å². The van der Waals surface area contributed by atoms with Crippen molar-refractivity contribution in [2.24, 2.45) is 0 Å². The number of halogens is 1. The van der Waals surface area contributed by atoms with E-state index in [1.54, 1.807) is 43.5 Å². The highest BCUT2D eigenvalue weighted by molar-refractivity contribution is 6.30. The molecule has 0 aliphatic carbocycles. The van der Waals surface area contributed by atoms with Gasteiger partial charge in [-0.05, 0) is 31.2 Å². The maximum absolute atomic E-state index is 12.2. The van der Waals surface area contributed by atoms with E-state index in [2.05, 4.69) is 4.98 Å². The Labute approximate surface area is 122 Å². The minimum atomic E-state index is -0.637. The average molecular weight is 292 g/mol. The summed E-state index contributed by atoms with van der Waals surface area (Å²) in [7, 11) is 1.52. The maximum Gasteiger partial charge on any atom is 0.204 e. The SMILES string of the molecule is COc1cncc(C(=O)C(C)Oc2cccc(Cl)c2)c1. The molecule has 1 aromatic heterocycles. The summed E-state index contributed by atoms with van der Waals surface area (Å²) in [5, 5.41) is 0.560. The van der Waals surface area contributed by atoms with Gasteiger partial charge in [-0.2, -0.15) is 0 Å². The van der Waals surface area contributed by atoms with E-state index in [0.29, 0.717) is 22.1 Å². The zero-order chi connectivity index (χ0) is 14.5. The maximum atomic E-state index is 12.2. The molecule has 0 radical (unpaired) electrons. The molecule has 20 heavy (non-hydrogen) atoms. The monoisotopic (exact) mass is 291 g/mol. The zero-order valence-electron chi connectivity index (χ0n) is 11.2. The normalized spacial score (nSPS) is 11.8. The van der Waals surface area contributed by atoms with E-state index in [1.807, 2.05) is 0 Å². The Morgan fingerprint density at radius 3 is 2.75 bits per heavy atom. The fourth-order valence-corrected chi connectivity index (χ4v) is 1.88. The van der Waals surface area contributed by atoms with Crippen molar-refractivity contribution in [3.8, 4) is 11.5 Å². The third kappa shape index (κ3) is 3.48. The van der Waals surface area contributed by atoms with Crippen LogP contribution < -0.4 is 9.47 Å². The molecule has 5 heteroatoms. The molecule has 0 bridgehead atoms. The molecule has 1 unspecified atom stereocenters. The standard InChI is InChI=1S/C15H14ClNO3/c1-10(20-13-5-3-4-12(16)7-13)15(18)11-6-14(19-2)9-17-8-11/h3-10H,1-2H3. The Hall–Kier alpha value is -2.07. The molecule has 0 spiro atoms. The smallest absolute Gasteiger partial charge is 0.204 e. The topological polar surface area (TPSA) is 48.4 Å². The number of ketones is 1. The predicted molar refractivity (Wildman–Crippen MR) is 76.7 cm³/mol. The number of benzene rings is 1. The van der Waals surface area contributed by atoms with Crippen molar-refractivity contribution < 1.29 is 14.3 Å². The Morgan fingerprint density at radius 2 is 2.05 bits per heavy atom. The number of carbonyl (C=O) groups is 1. The van der Waals surface area contributed by atoms with Crippen LogP contribution in [0.25, 0.3) is 0 Å². The summed E-state index contributed by atoms with van der Waals surface area (Å²) in [6, 6.07) is 8.55. The lowest BCUT2D eigenvalue weighted by atomic mass is 10.1. The third-order valence-electron chi connectivity index (χ3n) is 2.71. The molecule has 1 heterocycles. The summed E-state index contributed by atoms with van der Waals surface area (Å²) in [5.74, 6) is 0.913. The van der Waals surface area contributed by atoms with Gasteiger partial charge >= 0.3 is 0 Å². The molecule has 104 valence electrons. The third-order valence-corrected chi connectivity index (χ3v) is 2.95. The van der Waals surface area contributed by atoms with Crippen LogP contribution >= 0.6 is 11.6 Å². The molecule has 0 aliphatic rings. The Balaban J connectivity index is 2.12. The number of ether oxygens (including phenoxy) is 2. The van der Waals surface area contributed by atoms with Crippen LogP contribution in [-0.4, -0.2) is 24.0 Å². The first kappa shape index (κ1) is 14.3. The van der Waals surface area contributed by atoms with Crippen LogP contribution in [0, 0.1) is 0 Å². The molecule has 2 rings (SSSR count). The van der Waals surface area contributed by atoms with Crippen LogP contribution in [-0.2, 0) is 0 Å². The van der Waals surface area contributed by atoms with Crippen LogP contribution in [0.3, 0.4) is 0 Å². The van der Waals surface area contributed by atoms with Crippen molar-refractivity contribution in [1.29, 1.82) is 0 Å². The lowest BCUT2D eigenvalue weighted by molar-refractivity contribution is 0.0817. The molecule has 4 nitrogen and oxygen atoms in total. The molecule has 0 saturated heterocycles. The van der Waals surface area contributed by atoms with E-state index in [9.17, 15) is 4.79 Å². The largest absolute Gasteiger partial charge is 0.495 e. The number of rotatable bonds is 5. The lowest BCUT2D eigenvalue weighted by Crippen LogP contribution is -2.24. The average Bonchev–Trinajstić information content (AvgIpc) is 2.46. The van der Waals surface area contributed by atoms with Crippen LogP contribution in [0.2, 0.25) is 5.02 Å². The number of hydrogen-bond donors (Lipinski definition) is 0. The highest BCUT2D eigenvalue weighted by atomic mass is 35.5. The summed E-state index contributed by atoms with van der Waals surface area (Å²) in [5.41, 5.74) is 0.443. The molecule has 1 aromatic carbocycles. The minimum absolute atomic E-state index is 0.170. The van der Waals surface area contributed by atoms with Gasteiger partial charge in [0.2, 0.25) is 5.78 Å². The lowest BCUT2D eigenvalue weighted by Gasteiger charge is -2.14. The van der Waals surface area contributed by atoms with Crippen LogP contribution in [0.5, 0.6) is 11.5 Å². The molecular weight excluding hydrogens is 278 g/mol. The van der Waals surface area contributed by atoms with E-state index >= 15 is 0 Å². The molecule has 0 aliphatic heterocycles. The van der Waals surface area contributed by atoms with E-state index in [1.165, 1.54) is 13.3 Å². The first-order valence-electron chi connectivity index (χ1n) is 6.05. The number of methoxy groups -OCH3 is 1. The van der Waals surface area contributed by atoms with Crippen LogP contribution in [0.4, 0.5) is 0 Å². The molecule has 0 fully saturated rings. The van der Waals surface area contributed by atoms with Gasteiger partial charge in [0.25, 0.3) is 0 Å². The number of pyridine rings is 1. The quantitative estimate of drug-likeness (QED) is 0.792. The number of aromatic nitrogens is 1. The highest BCUT2D eigenvalue weighted by Crippen LogP contribution is 2.20. The molecule has 2 aromatic rings. The Kier molecular flexibility index (Phi) is 4.58. The number of carbonyl (C=O) groups excluding carboxylic acids is 1. The number of Topliss-reactive ketones (excluding diaryl/α,β-unsaturated/α-hetero) is 1. The minimum Gasteiger partial charge on any atom is -0.495 e. The second-order valence-corrected chi connectivity index (χ2v) is 4.63. The number of nitrogens with zero attached hydrogens (tertiary/aromatic N) is 1. The highest BCUT2D eigenvalue weighted by Gasteiger charge is 2.18. The van der Waals surface area contributed by atoms with Gasteiger partial charge in [0, 0.05) is 16.8 Å². The molecule has 0 amide bonds. The van der Waals surface area contributed by atoms with Gasteiger partial charge in [-0.3, -0.25) is 9.78 Å². The summed E-state index contributed by atoms with van der Waals surface area (Å²) in [6.07, 6.45) is 2.39. The van der Waals surface area contributed by atoms with Gasteiger partial charge < -0.3 is 9.47 Å². The van der Waals surface area contributed by atoms with Gasteiger partial charge in [-0.1, -0.05) is 17.7 Å². The zero-order valence-corrected chi connectivity index (χ0v) is 11.9. The van der Waals surface area contributed by atoms with Crippen molar-refractivity contribution in [2.75, 3.05) is 7.11 Å². The molecule has 0 N–H and O–H groups in total. The van der Waals surface area contributed by atoms with Gasteiger partial charge in [-0.15, -0.1) is 0 Å². The summed E-state index contributed by atoms with van der Waals surface area (Å²) >= 11 is 5.87. The van der Waals surface area contributed by atoms with E-state index in [0.717, 1.165) is 0 Å². The fourth-order valence-electron chi connectivity index (χ4n) is 1.70. The van der Waals surface area contributed by atoms with Gasteiger partial charge in [-0.25, -0.2) is 0 Å². The molecule has 0 saturated carbocycles. The first-order valence-corrected chi connectivity index (χ1v) is 6.43. The molecular formula is C15H14ClNO3. The summed E-state index contributed by atoms with van der Waals surface area (Å²) in [6.45, 7) is 1.68. The van der Waals surface area contributed by atoms with Crippen molar-refractivity contribution >= 4 is 17.4 Å². The van der Waals surface area contributed by atoms with Gasteiger partial charge in [0.15, 0.2) is 6.10 Å². The number of hydrogen-bond acceptors (Lipinski definition) is 4. The van der Waals surface area contributed by atoms with E-state index < -0.39 is 6.10 Å². The Bertz CT molecular complexity index is 616. The second-order valence-electron chi connectivity index (χ2n) is 4.20. The van der Waals surface area contributed by atoms with Crippen molar-refractivity contribution in [3.63, 3.8) is 0 Å². The first-order chi connectivity index (χ1) is 9.60. The van der Waals surface area contributed by atoms with Crippen LogP contribution in [0.1, 0.15) is 17.3 Å². The predicted octanol–water partition coefficient (Wildman–Crippen LogP) is 3.39.